The second-order valence-electron chi connectivity index (χ2n) is 5.98. The van der Waals surface area contributed by atoms with Gasteiger partial charge in [0.2, 0.25) is 5.88 Å². The first kappa shape index (κ1) is 15.9. The van der Waals surface area contributed by atoms with E-state index >= 15 is 0 Å². The van der Waals surface area contributed by atoms with E-state index in [4.69, 9.17) is 0 Å². The summed E-state index contributed by atoms with van der Waals surface area (Å²) < 4.78 is 0. The van der Waals surface area contributed by atoms with Crippen LogP contribution in [0.4, 0.5) is 5.69 Å². The molecule has 0 aliphatic carbocycles. The number of thiophene rings is 1. The number of aromatic hydroxyl groups is 1. The smallest absolute Gasteiger partial charge is 0.282 e. The number of fused-ring (bicyclic) bond motifs is 1. The van der Waals surface area contributed by atoms with E-state index < -0.39 is 6.04 Å². The summed E-state index contributed by atoms with van der Waals surface area (Å²) in [6, 6.07) is 11.1. The van der Waals surface area contributed by atoms with Crippen molar-refractivity contribution >= 4 is 33.8 Å². The fourth-order valence-corrected chi connectivity index (χ4v) is 3.87. The van der Waals surface area contributed by atoms with Crippen molar-refractivity contribution in [3.63, 3.8) is 0 Å². The largest absolute Gasteiger partial charge is 0.493 e. The number of aryl methyl sites for hydroxylation is 1. The molecule has 1 aliphatic heterocycles. The van der Waals surface area contributed by atoms with E-state index in [1.165, 1.54) is 9.75 Å². The van der Waals surface area contributed by atoms with E-state index in [2.05, 4.69) is 45.1 Å². The lowest BCUT2D eigenvalue weighted by Gasteiger charge is -2.04. The molecular formula is C17H17N5O2S. The zero-order chi connectivity index (χ0) is 17.4. The van der Waals surface area contributed by atoms with Crippen molar-refractivity contribution in [2.75, 3.05) is 0 Å². The molecule has 4 rings (SSSR count). The third-order valence-corrected chi connectivity index (χ3v) is 5.33. The number of H-pyrrole nitrogens is 1. The summed E-state index contributed by atoms with van der Waals surface area (Å²) in [7, 11) is 0. The van der Waals surface area contributed by atoms with Crippen molar-refractivity contribution < 1.29 is 9.90 Å². The van der Waals surface area contributed by atoms with Crippen LogP contribution in [0.15, 0.2) is 46.6 Å². The van der Waals surface area contributed by atoms with Crippen LogP contribution in [-0.4, -0.2) is 22.0 Å². The van der Waals surface area contributed by atoms with Crippen molar-refractivity contribution in [2.24, 2.45) is 10.2 Å². The normalized spacial score (nSPS) is 20.7. The number of aromatic amines is 1. The molecule has 7 nitrogen and oxygen atoms in total. The number of nitrogens with zero attached hydrogens (tertiary/aromatic N) is 2. The molecule has 0 spiro atoms. The summed E-state index contributed by atoms with van der Waals surface area (Å²) in [5.74, 6) is -0.463. The summed E-state index contributed by atoms with van der Waals surface area (Å²) in [5.41, 5.74) is 7.14. The maximum absolute atomic E-state index is 12.3. The minimum atomic E-state index is -0.441. The third-order valence-electron chi connectivity index (χ3n) is 4.21. The number of carbonyl (C=O) groups is 1. The van der Waals surface area contributed by atoms with Crippen molar-refractivity contribution in [1.82, 2.24) is 15.8 Å². The SMILES string of the molecule is Cc1ccc(C2CC(C(=O)N=Nc3c(O)[nH]c4ccccc34)NN2)s1. The number of amides is 1. The van der Waals surface area contributed by atoms with Crippen molar-refractivity contribution in [3.8, 4) is 5.88 Å². The standard InChI is InChI=1S/C17H17N5O2S/c1-9-6-7-14(25-9)12-8-13(20-19-12)16(23)22-21-15-10-4-2-3-5-11(10)18-17(15)24/h2-7,12-13,18-20,24H,8H2,1H3. The summed E-state index contributed by atoms with van der Waals surface area (Å²) in [6.07, 6.45) is 0.609. The average molecular weight is 355 g/mol. The molecule has 0 radical (unpaired) electrons. The fourth-order valence-electron chi connectivity index (χ4n) is 2.93. The van der Waals surface area contributed by atoms with Crippen LogP contribution >= 0.6 is 11.3 Å². The molecule has 2 unspecified atom stereocenters. The quantitative estimate of drug-likeness (QED) is 0.540. The van der Waals surface area contributed by atoms with Gasteiger partial charge < -0.3 is 10.1 Å². The topological polar surface area (TPSA) is 102 Å². The number of hydrazine groups is 1. The van der Waals surface area contributed by atoms with Gasteiger partial charge in [0.1, 0.15) is 6.04 Å². The number of nitrogens with one attached hydrogen (secondary N) is 3. The Kier molecular flexibility index (Phi) is 4.08. The van der Waals surface area contributed by atoms with Crippen LogP contribution in [-0.2, 0) is 4.79 Å². The molecule has 1 amide bonds. The highest BCUT2D eigenvalue weighted by Crippen LogP contribution is 2.35. The van der Waals surface area contributed by atoms with Gasteiger partial charge in [0.05, 0.1) is 11.6 Å². The Labute approximate surface area is 147 Å². The van der Waals surface area contributed by atoms with Crippen LogP contribution in [0.25, 0.3) is 10.9 Å². The maximum atomic E-state index is 12.3. The van der Waals surface area contributed by atoms with E-state index in [1.807, 2.05) is 24.3 Å². The van der Waals surface area contributed by atoms with Crippen LogP contribution in [0.1, 0.15) is 22.2 Å². The highest BCUT2D eigenvalue weighted by atomic mass is 32.1. The van der Waals surface area contributed by atoms with Crippen molar-refractivity contribution in [1.29, 1.82) is 0 Å². The molecule has 128 valence electrons. The van der Waals surface area contributed by atoms with Crippen LogP contribution in [0.2, 0.25) is 0 Å². The number of rotatable bonds is 3. The van der Waals surface area contributed by atoms with E-state index in [0.29, 0.717) is 6.42 Å². The lowest BCUT2D eigenvalue weighted by Crippen LogP contribution is -2.35. The van der Waals surface area contributed by atoms with Gasteiger partial charge in [0.25, 0.3) is 5.91 Å². The summed E-state index contributed by atoms with van der Waals surface area (Å²) >= 11 is 1.71. The molecule has 4 N–H and O–H groups in total. The molecule has 2 aromatic heterocycles. The van der Waals surface area contributed by atoms with Crippen LogP contribution in [0.5, 0.6) is 5.88 Å². The van der Waals surface area contributed by atoms with Crippen molar-refractivity contribution in [2.45, 2.75) is 25.4 Å². The maximum Gasteiger partial charge on any atom is 0.282 e. The highest BCUT2D eigenvalue weighted by molar-refractivity contribution is 7.12. The Morgan fingerprint density at radius 2 is 2.08 bits per heavy atom. The summed E-state index contributed by atoms with van der Waals surface area (Å²) in [6.45, 7) is 2.06. The number of hydrogen-bond acceptors (Lipinski definition) is 6. The number of aromatic nitrogens is 1. The Hall–Kier alpha value is -2.55. The van der Waals surface area contributed by atoms with Gasteiger partial charge in [-0.25, -0.2) is 10.9 Å². The van der Waals surface area contributed by atoms with Crippen LogP contribution in [0.3, 0.4) is 0 Å². The predicted octanol–water partition coefficient (Wildman–Crippen LogP) is 3.46. The lowest BCUT2D eigenvalue weighted by atomic mass is 10.1. The number of benzene rings is 1. The molecule has 3 heterocycles. The Morgan fingerprint density at radius 1 is 1.24 bits per heavy atom. The second kappa shape index (κ2) is 6.40. The van der Waals surface area contributed by atoms with Crippen LogP contribution in [0, 0.1) is 6.92 Å². The van der Waals surface area contributed by atoms with Gasteiger partial charge in [-0.05, 0) is 31.5 Å². The number of azo groups is 1. The van der Waals surface area contributed by atoms with Gasteiger partial charge >= 0.3 is 0 Å². The van der Waals surface area contributed by atoms with Gasteiger partial charge in [-0.3, -0.25) is 4.79 Å². The van der Waals surface area contributed by atoms with Gasteiger partial charge in [-0.15, -0.1) is 21.6 Å². The van der Waals surface area contributed by atoms with Crippen LogP contribution < -0.4 is 10.9 Å². The summed E-state index contributed by atoms with van der Waals surface area (Å²) in [5, 5.41) is 18.5. The molecule has 1 saturated heterocycles. The molecule has 3 aromatic rings. The highest BCUT2D eigenvalue weighted by Gasteiger charge is 2.31. The Bertz CT molecular complexity index is 961. The molecule has 1 fully saturated rings. The first-order chi connectivity index (χ1) is 12.1. The first-order valence-electron chi connectivity index (χ1n) is 7.94. The number of carbonyl (C=O) groups excluding carboxylic acids is 1. The Balaban J connectivity index is 1.48. The molecule has 0 saturated carbocycles. The molecule has 1 aromatic carbocycles. The molecule has 0 bridgehead atoms. The van der Waals surface area contributed by atoms with E-state index in [1.54, 1.807) is 11.3 Å². The Morgan fingerprint density at radius 3 is 2.88 bits per heavy atom. The lowest BCUT2D eigenvalue weighted by molar-refractivity contribution is -0.120. The zero-order valence-corrected chi connectivity index (χ0v) is 14.3. The number of hydrogen-bond donors (Lipinski definition) is 4. The average Bonchev–Trinajstić information content (AvgIpc) is 3.30. The van der Waals surface area contributed by atoms with Crippen molar-refractivity contribution in [3.05, 3.63) is 46.2 Å². The first-order valence-corrected chi connectivity index (χ1v) is 8.76. The number of para-hydroxylation sites is 1. The molecule has 8 heteroatoms. The van der Waals surface area contributed by atoms with E-state index in [-0.39, 0.29) is 23.5 Å². The zero-order valence-electron chi connectivity index (χ0n) is 13.5. The van der Waals surface area contributed by atoms with Gasteiger partial charge in [-0.1, -0.05) is 18.2 Å². The monoisotopic (exact) mass is 355 g/mol. The third kappa shape index (κ3) is 3.07. The van der Waals surface area contributed by atoms with Gasteiger partial charge in [0, 0.05) is 15.1 Å². The molecular weight excluding hydrogens is 338 g/mol. The fraction of sp³-hybridized carbons (Fsp3) is 0.235. The van der Waals surface area contributed by atoms with Gasteiger partial charge in [-0.2, -0.15) is 0 Å². The minimum Gasteiger partial charge on any atom is -0.493 e. The van der Waals surface area contributed by atoms with E-state index in [9.17, 15) is 9.90 Å². The van der Waals surface area contributed by atoms with Gasteiger partial charge in [0.15, 0.2) is 5.69 Å². The second-order valence-corrected chi connectivity index (χ2v) is 7.30. The van der Waals surface area contributed by atoms with E-state index in [0.717, 1.165) is 10.9 Å². The molecule has 25 heavy (non-hydrogen) atoms. The summed E-state index contributed by atoms with van der Waals surface area (Å²) in [4.78, 5) is 17.6. The molecule has 1 aliphatic rings. The predicted molar refractivity (Wildman–Crippen MR) is 96.0 cm³/mol. The minimum absolute atomic E-state index is 0.0874. The molecule has 2 atom stereocenters.